The molecule has 3 aromatic rings. The number of nitro groups is 1. The Balaban J connectivity index is 1.85. The van der Waals surface area contributed by atoms with E-state index in [1.54, 1.807) is 19.1 Å². The smallest absolute Gasteiger partial charge is 0.273 e. The lowest BCUT2D eigenvalue weighted by molar-refractivity contribution is -0.385. The number of hydrogen-bond acceptors (Lipinski definition) is 7. The van der Waals surface area contributed by atoms with E-state index < -0.39 is 33.4 Å². The zero-order valence-corrected chi connectivity index (χ0v) is 21.8. The Labute approximate surface area is 216 Å². The van der Waals surface area contributed by atoms with Crippen LogP contribution in [-0.2, 0) is 14.8 Å². The Morgan fingerprint density at radius 1 is 1.05 bits per heavy atom. The number of hydrogen-bond donors (Lipinski definition) is 1. The van der Waals surface area contributed by atoms with Gasteiger partial charge in [0.15, 0.2) is 0 Å². The average Bonchev–Trinajstić information content (AvgIpc) is 2.86. The van der Waals surface area contributed by atoms with Crippen molar-refractivity contribution in [3.63, 3.8) is 0 Å². The van der Waals surface area contributed by atoms with Crippen molar-refractivity contribution in [2.24, 2.45) is 0 Å². The first-order valence-electron chi connectivity index (χ1n) is 11.4. The van der Waals surface area contributed by atoms with Crippen molar-refractivity contribution in [1.29, 1.82) is 0 Å². The molecule has 0 aromatic heterocycles. The maximum atomic E-state index is 13.6. The summed E-state index contributed by atoms with van der Waals surface area (Å²) in [6, 6.07) is 16.8. The molecular weight excluding hydrogens is 498 g/mol. The van der Waals surface area contributed by atoms with Crippen molar-refractivity contribution in [2.75, 3.05) is 24.6 Å². The summed E-state index contributed by atoms with van der Waals surface area (Å²) in [7, 11) is -2.87. The second-order valence-corrected chi connectivity index (χ2v) is 10.3. The van der Waals surface area contributed by atoms with Gasteiger partial charge in [0, 0.05) is 11.6 Å². The number of sulfonamides is 1. The van der Waals surface area contributed by atoms with Gasteiger partial charge in [-0.1, -0.05) is 24.3 Å². The molecule has 0 fully saturated rings. The normalized spacial score (nSPS) is 11.9. The van der Waals surface area contributed by atoms with Gasteiger partial charge in [-0.25, -0.2) is 8.42 Å². The van der Waals surface area contributed by atoms with E-state index in [2.05, 4.69) is 5.32 Å². The molecule has 196 valence electrons. The molecule has 11 heteroatoms. The molecular formula is C26H29N3O7S. The lowest BCUT2D eigenvalue weighted by Crippen LogP contribution is -2.45. The van der Waals surface area contributed by atoms with Crippen molar-refractivity contribution in [3.8, 4) is 11.5 Å². The molecule has 0 heterocycles. The Kier molecular flexibility index (Phi) is 8.72. The van der Waals surface area contributed by atoms with Gasteiger partial charge in [0.2, 0.25) is 5.91 Å². The predicted octanol–water partition coefficient (Wildman–Crippen LogP) is 4.00. The van der Waals surface area contributed by atoms with Crippen LogP contribution >= 0.6 is 0 Å². The minimum absolute atomic E-state index is 0.177. The van der Waals surface area contributed by atoms with E-state index in [9.17, 15) is 23.3 Å². The highest BCUT2D eigenvalue weighted by Crippen LogP contribution is 2.29. The van der Waals surface area contributed by atoms with Crippen molar-refractivity contribution in [2.45, 2.75) is 31.7 Å². The quantitative estimate of drug-likeness (QED) is 0.295. The number of methoxy groups -OCH3 is 1. The van der Waals surface area contributed by atoms with Crippen LogP contribution in [0.4, 0.5) is 11.4 Å². The fourth-order valence-electron chi connectivity index (χ4n) is 3.56. The van der Waals surface area contributed by atoms with E-state index >= 15 is 0 Å². The van der Waals surface area contributed by atoms with E-state index in [1.165, 1.54) is 38.3 Å². The second-order valence-electron chi connectivity index (χ2n) is 8.46. The molecule has 0 saturated carbocycles. The molecule has 0 saturated heterocycles. The van der Waals surface area contributed by atoms with Gasteiger partial charge in [-0.3, -0.25) is 19.2 Å². The number of benzene rings is 3. The molecule has 0 aliphatic heterocycles. The summed E-state index contributed by atoms with van der Waals surface area (Å²) >= 11 is 0. The molecule has 0 radical (unpaired) electrons. The minimum Gasteiger partial charge on any atom is -0.497 e. The van der Waals surface area contributed by atoms with Crippen molar-refractivity contribution in [3.05, 3.63) is 88.0 Å². The fraction of sp³-hybridized carbons (Fsp3) is 0.269. The molecule has 1 amide bonds. The average molecular weight is 528 g/mol. The van der Waals surface area contributed by atoms with Gasteiger partial charge in [-0.2, -0.15) is 0 Å². The van der Waals surface area contributed by atoms with E-state index in [0.717, 1.165) is 15.9 Å². The molecule has 0 spiro atoms. The Bertz CT molecular complexity index is 1380. The largest absolute Gasteiger partial charge is 0.497 e. The molecule has 1 N–H and O–H groups in total. The number of para-hydroxylation sites is 1. The van der Waals surface area contributed by atoms with Gasteiger partial charge in [0.1, 0.15) is 24.7 Å². The molecule has 3 rings (SSSR count). The number of nitro benzene ring substituents is 1. The number of nitrogens with one attached hydrogen (secondary N) is 1. The molecule has 10 nitrogen and oxygen atoms in total. The highest BCUT2D eigenvalue weighted by molar-refractivity contribution is 7.92. The first-order valence-corrected chi connectivity index (χ1v) is 12.9. The van der Waals surface area contributed by atoms with Crippen molar-refractivity contribution in [1.82, 2.24) is 5.32 Å². The number of carbonyl (C=O) groups is 1. The minimum atomic E-state index is -4.34. The Morgan fingerprint density at radius 3 is 2.35 bits per heavy atom. The first kappa shape index (κ1) is 27.5. The topological polar surface area (TPSA) is 128 Å². The number of anilines is 1. The summed E-state index contributed by atoms with van der Waals surface area (Å²) < 4.78 is 39.0. The zero-order chi connectivity index (χ0) is 27.2. The highest BCUT2D eigenvalue weighted by atomic mass is 32.2. The van der Waals surface area contributed by atoms with Crippen LogP contribution in [0.2, 0.25) is 0 Å². The third-order valence-electron chi connectivity index (χ3n) is 5.60. The molecule has 0 aliphatic carbocycles. The van der Waals surface area contributed by atoms with Crippen LogP contribution < -0.4 is 19.1 Å². The molecule has 1 unspecified atom stereocenters. The van der Waals surface area contributed by atoms with Crippen molar-refractivity contribution >= 4 is 27.3 Å². The van der Waals surface area contributed by atoms with E-state index in [1.807, 2.05) is 31.2 Å². The summed E-state index contributed by atoms with van der Waals surface area (Å²) in [5.74, 6) is 0.618. The van der Waals surface area contributed by atoms with Crippen LogP contribution in [0.5, 0.6) is 11.5 Å². The van der Waals surface area contributed by atoms with Gasteiger partial charge in [-0.05, 0) is 62.7 Å². The van der Waals surface area contributed by atoms with E-state index in [0.29, 0.717) is 17.1 Å². The summed E-state index contributed by atoms with van der Waals surface area (Å²) in [4.78, 5) is 23.4. The fourth-order valence-corrected chi connectivity index (χ4v) is 5.00. The highest BCUT2D eigenvalue weighted by Gasteiger charge is 2.29. The lowest BCUT2D eigenvalue weighted by Gasteiger charge is -2.25. The number of ether oxygens (including phenoxy) is 2. The maximum Gasteiger partial charge on any atom is 0.273 e. The van der Waals surface area contributed by atoms with Gasteiger partial charge in [0.25, 0.3) is 15.7 Å². The van der Waals surface area contributed by atoms with Crippen LogP contribution in [0.25, 0.3) is 0 Å². The monoisotopic (exact) mass is 527 g/mol. The molecule has 3 aromatic carbocycles. The van der Waals surface area contributed by atoms with E-state index in [-0.39, 0.29) is 22.9 Å². The first-order chi connectivity index (χ1) is 17.5. The Morgan fingerprint density at radius 2 is 1.73 bits per heavy atom. The van der Waals surface area contributed by atoms with Gasteiger partial charge >= 0.3 is 0 Å². The summed E-state index contributed by atoms with van der Waals surface area (Å²) in [5, 5.41) is 14.2. The Hall–Kier alpha value is -4.12. The van der Waals surface area contributed by atoms with Gasteiger partial charge in [-0.15, -0.1) is 0 Å². The summed E-state index contributed by atoms with van der Waals surface area (Å²) in [5.41, 5.74) is 1.13. The number of rotatable bonds is 11. The number of nitrogens with zero attached hydrogens (tertiary/aromatic N) is 2. The maximum absolute atomic E-state index is 13.6. The number of aryl methyl sites for hydroxylation is 2. The molecule has 37 heavy (non-hydrogen) atoms. The SMILES string of the molecule is COc1ccc(N(CC(=O)NC(C)COc2ccccc2C)S(=O)(=O)c2ccc(C)c([N+](=O)[O-])c2)cc1. The third kappa shape index (κ3) is 6.76. The molecule has 0 bridgehead atoms. The lowest BCUT2D eigenvalue weighted by atomic mass is 10.2. The predicted molar refractivity (Wildman–Crippen MR) is 140 cm³/mol. The van der Waals surface area contributed by atoms with Crippen molar-refractivity contribution < 1.29 is 27.6 Å². The van der Waals surface area contributed by atoms with Crippen LogP contribution in [0, 0.1) is 24.0 Å². The number of carbonyl (C=O) groups excluding carboxylic acids is 1. The van der Waals surface area contributed by atoms with Gasteiger partial charge in [0.05, 0.1) is 28.7 Å². The summed E-state index contributed by atoms with van der Waals surface area (Å²) in [6.45, 7) is 4.79. The molecule has 1 atom stereocenters. The zero-order valence-electron chi connectivity index (χ0n) is 21.0. The standard InChI is InChI=1S/C26H29N3O7S/c1-18-9-14-23(15-24(18)29(31)32)37(33,34)28(21-10-12-22(35-4)13-11-21)16-26(30)27-20(3)17-36-25-8-6-5-7-19(25)2/h5-15,20H,16-17H2,1-4H3,(H,27,30). The van der Waals surface area contributed by atoms with E-state index in [4.69, 9.17) is 9.47 Å². The van der Waals surface area contributed by atoms with Crippen LogP contribution in [0.15, 0.2) is 71.6 Å². The third-order valence-corrected chi connectivity index (χ3v) is 7.37. The van der Waals surface area contributed by atoms with Crippen LogP contribution in [0.3, 0.4) is 0 Å². The summed E-state index contributed by atoms with van der Waals surface area (Å²) in [6.07, 6.45) is 0. The van der Waals surface area contributed by atoms with Gasteiger partial charge < -0.3 is 14.8 Å². The van der Waals surface area contributed by atoms with Crippen LogP contribution in [0.1, 0.15) is 18.1 Å². The second kappa shape index (κ2) is 11.7. The molecule has 0 aliphatic rings. The van der Waals surface area contributed by atoms with Crippen LogP contribution in [-0.4, -0.2) is 45.6 Å². The number of amides is 1.